The molecule has 0 unspecified atom stereocenters. The van der Waals surface area contributed by atoms with Gasteiger partial charge in [0.25, 0.3) is 11.6 Å². The molecule has 1 amide bonds. The van der Waals surface area contributed by atoms with Crippen LogP contribution in [0.15, 0.2) is 42.5 Å². The Bertz CT molecular complexity index is 746. The molecule has 3 rings (SSSR count). The van der Waals surface area contributed by atoms with Gasteiger partial charge in [0.15, 0.2) is 6.61 Å². The van der Waals surface area contributed by atoms with E-state index in [-0.39, 0.29) is 18.2 Å². The van der Waals surface area contributed by atoms with Gasteiger partial charge in [-0.25, -0.2) is 0 Å². The van der Waals surface area contributed by atoms with Gasteiger partial charge in [-0.05, 0) is 23.8 Å². The van der Waals surface area contributed by atoms with Crippen molar-refractivity contribution in [1.82, 2.24) is 0 Å². The van der Waals surface area contributed by atoms with Crippen molar-refractivity contribution in [2.75, 3.05) is 11.5 Å². The van der Waals surface area contributed by atoms with Crippen LogP contribution in [0.1, 0.15) is 5.56 Å². The Balaban J connectivity index is 1.97. The van der Waals surface area contributed by atoms with Crippen LogP contribution in [0.4, 0.5) is 11.4 Å². The maximum atomic E-state index is 12.1. The van der Waals surface area contributed by atoms with Crippen LogP contribution < -0.4 is 9.64 Å². The van der Waals surface area contributed by atoms with Crippen LogP contribution in [-0.4, -0.2) is 17.4 Å². The highest BCUT2D eigenvalue weighted by Crippen LogP contribution is 2.36. The number of nitro groups is 1. The van der Waals surface area contributed by atoms with Gasteiger partial charge in [-0.1, -0.05) is 23.7 Å². The third-order valence-corrected chi connectivity index (χ3v) is 3.60. The van der Waals surface area contributed by atoms with E-state index in [9.17, 15) is 14.9 Å². The lowest BCUT2D eigenvalue weighted by atomic mass is 10.1. The predicted octanol–water partition coefficient (Wildman–Crippen LogP) is 3.17. The Morgan fingerprint density at radius 2 is 1.95 bits per heavy atom. The van der Waals surface area contributed by atoms with Gasteiger partial charge in [-0.2, -0.15) is 0 Å². The molecule has 7 heteroatoms. The predicted molar refractivity (Wildman–Crippen MR) is 81.2 cm³/mol. The van der Waals surface area contributed by atoms with Gasteiger partial charge in [0, 0.05) is 17.2 Å². The molecule has 0 N–H and O–H groups in total. The number of benzene rings is 2. The van der Waals surface area contributed by atoms with E-state index in [0.29, 0.717) is 23.0 Å². The normalized spacial score (nSPS) is 13.5. The molecule has 0 spiro atoms. The van der Waals surface area contributed by atoms with Gasteiger partial charge < -0.3 is 9.64 Å². The van der Waals surface area contributed by atoms with Crippen LogP contribution >= 0.6 is 11.6 Å². The number of hydrogen-bond acceptors (Lipinski definition) is 4. The van der Waals surface area contributed by atoms with Crippen LogP contribution in [0.3, 0.4) is 0 Å². The maximum Gasteiger partial charge on any atom is 0.271 e. The van der Waals surface area contributed by atoms with E-state index < -0.39 is 4.92 Å². The molecule has 1 aliphatic heterocycles. The summed E-state index contributed by atoms with van der Waals surface area (Å²) in [6.45, 7) is 0.214. The molecular formula is C15H11ClN2O4. The van der Waals surface area contributed by atoms with Gasteiger partial charge in [-0.15, -0.1) is 0 Å². The van der Waals surface area contributed by atoms with Gasteiger partial charge in [0.05, 0.1) is 17.2 Å². The molecule has 112 valence electrons. The average Bonchev–Trinajstić information content (AvgIpc) is 2.51. The molecule has 0 saturated heterocycles. The zero-order valence-corrected chi connectivity index (χ0v) is 12.1. The number of nitrogens with zero attached hydrogens (tertiary/aromatic N) is 2. The fraction of sp³-hybridized carbons (Fsp3) is 0.133. The van der Waals surface area contributed by atoms with Gasteiger partial charge >= 0.3 is 0 Å². The third kappa shape index (κ3) is 2.73. The molecule has 0 aromatic heterocycles. The molecule has 0 saturated carbocycles. The Morgan fingerprint density at radius 3 is 2.64 bits per heavy atom. The van der Waals surface area contributed by atoms with E-state index in [0.717, 1.165) is 5.56 Å². The van der Waals surface area contributed by atoms with E-state index in [1.807, 2.05) is 12.1 Å². The van der Waals surface area contributed by atoms with Crippen LogP contribution in [0.5, 0.6) is 5.75 Å². The van der Waals surface area contributed by atoms with Crippen molar-refractivity contribution in [3.8, 4) is 5.75 Å². The summed E-state index contributed by atoms with van der Waals surface area (Å²) in [6, 6.07) is 11.3. The molecule has 0 aliphatic carbocycles. The molecule has 0 radical (unpaired) electrons. The fourth-order valence-corrected chi connectivity index (χ4v) is 2.38. The van der Waals surface area contributed by atoms with Gasteiger partial charge in [-0.3, -0.25) is 14.9 Å². The van der Waals surface area contributed by atoms with E-state index in [2.05, 4.69) is 0 Å². The van der Waals surface area contributed by atoms with Crippen LogP contribution in [0.25, 0.3) is 0 Å². The number of fused-ring (bicyclic) bond motifs is 1. The standard InChI is InChI=1S/C15H11ClN2O4/c16-11-3-1-10(2-4-11)8-17-13-7-12(18(20)21)5-6-14(13)22-9-15(17)19/h1-7H,8-9H2. The maximum absolute atomic E-state index is 12.1. The number of nitro benzene ring substituents is 1. The van der Waals surface area contributed by atoms with Crippen LogP contribution in [0, 0.1) is 10.1 Å². The molecule has 0 bridgehead atoms. The number of carbonyl (C=O) groups excluding carboxylic acids is 1. The Kier molecular flexibility index (Phi) is 3.68. The van der Waals surface area contributed by atoms with Crippen molar-refractivity contribution < 1.29 is 14.5 Å². The number of non-ortho nitro benzene ring substituents is 1. The van der Waals surface area contributed by atoms with E-state index in [1.54, 1.807) is 12.1 Å². The summed E-state index contributed by atoms with van der Waals surface area (Å²) in [4.78, 5) is 24.0. The minimum atomic E-state index is -0.500. The van der Waals surface area contributed by atoms with Gasteiger partial charge in [0.1, 0.15) is 5.75 Å². The minimum Gasteiger partial charge on any atom is -0.482 e. The Morgan fingerprint density at radius 1 is 1.23 bits per heavy atom. The van der Waals surface area contributed by atoms with E-state index in [1.165, 1.54) is 23.1 Å². The lowest BCUT2D eigenvalue weighted by Gasteiger charge is -2.29. The topological polar surface area (TPSA) is 72.7 Å². The summed E-state index contributed by atoms with van der Waals surface area (Å²) in [6.07, 6.45) is 0. The highest BCUT2D eigenvalue weighted by Gasteiger charge is 2.27. The smallest absolute Gasteiger partial charge is 0.271 e. The highest BCUT2D eigenvalue weighted by atomic mass is 35.5. The molecule has 0 atom stereocenters. The monoisotopic (exact) mass is 318 g/mol. The number of amides is 1. The number of anilines is 1. The Hall–Kier alpha value is -2.60. The molecule has 2 aromatic rings. The first-order valence-electron chi connectivity index (χ1n) is 6.50. The SMILES string of the molecule is O=C1COc2ccc([N+](=O)[O-])cc2N1Cc1ccc(Cl)cc1. The Labute approximate surface area is 131 Å². The lowest BCUT2D eigenvalue weighted by Crippen LogP contribution is -2.38. The fourth-order valence-electron chi connectivity index (χ4n) is 2.25. The third-order valence-electron chi connectivity index (χ3n) is 3.35. The quantitative estimate of drug-likeness (QED) is 0.643. The first kappa shape index (κ1) is 14.3. The molecule has 2 aromatic carbocycles. The summed E-state index contributed by atoms with van der Waals surface area (Å²) >= 11 is 5.84. The summed E-state index contributed by atoms with van der Waals surface area (Å²) < 4.78 is 5.32. The molecular weight excluding hydrogens is 308 g/mol. The van der Waals surface area contributed by atoms with Crippen molar-refractivity contribution in [2.45, 2.75) is 6.54 Å². The number of rotatable bonds is 3. The van der Waals surface area contributed by atoms with E-state index in [4.69, 9.17) is 16.3 Å². The second kappa shape index (κ2) is 5.65. The minimum absolute atomic E-state index is 0.0849. The lowest BCUT2D eigenvalue weighted by molar-refractivity contribution is -0.384. The number of carbonyl (C=O) groups is 1. The number of ether oxygens (including phenoxy) is 1. The largest absolute Gasteiger partial charge is 0.482 e. The number of hydrogen-bond donors (Lipinski definition) is 0. The first-order valence-corrected chi connectivity index (χ1v) is 6.88. The highest BCUT2D eigenvalue weighted by molar-refractivity contribution is 6.30. The molecule has 1 heterocycles. The van der Waals surface area contributed by atoms with Crippen LogP contribution in [0.2, 0.25) is 5.02 Å². The van der Waals surface area contributed by atoms with Crippen LogP contribution in [-0.2, 0) is 11.3 Å². The van der Waals surface area contributed by atoms with Crippen molar-refractivity contribution in [1.29, 1.82) is 0 Å². The van der Waals surface area contributed by atoms with E-state index >= 15 is 0 Å². The molecule has 0 fully saturated rings. The van der Waals surface area contributed by atoms with Crippen molar-refractivity contribution in [2.24, 2.45) is 0 Å². The summed E-state index contributed by atoms with van der Waals surface area (Å²) in [5.41, 5.74) is 1.19. The van der Waals surface area contributed by atoms with Crippen molar-refractivity contribution in [3.63, 3.8) is 0 Å². The summed E-state index contributed by atoms with van der Waals surface area (Å²) in [7, 11) is 0. The summed E-state index contributed by atoms with van der Waals surface area (Å²) in [5, 5.41) is 11.5. The second-order valence-electron chi connectivity index (χ2n) is 4.80. The first-order chi connectivity index (χ1) is 10.5. The summed E-state index contributed by atoms with van der Waals surface area (Å²) in [5.74, 6) is 0.210. The second-order valence-corrected chi connectivity index (χ2v) is 5.24. The molecule has 6 nitrogen and oxygen atoms in total. The average molecular weight is 319 g/mol. The zero-order chi connectivity index (χ0) is 15.7. The zero-order valence-electron chi connectivity index (χ0n) is 11.4. The number of halogens is 1. The van der Waals surface area contributed by atoms with Crippen molar-refractivity contribution >= 4 is 28.9 Å². The molecule has 1 aliphatic rings. The van der Waals surface area contributed by atoms with Crippen molar-refractivity contribution in [3.05, 3.63) is 63.2 Å². The van der Waals surface area contributed by atoms with Gasteiger partial charge in [0.2, 0.25) is 0 Å². The molecule has 22 heavy (non-hydrogen) atoms.